The molecule has 0 aromatic heterocycles. The van der Waals surface area contributed by atoms with Gasteiger partial charge in [-0.2, -0.15) is 0 Å². The van der Waals surface area contributed by atoms with Gasteiger partial charge in [0.2, 0.25) is 0 Å². The highest BCUT2D eigenvalue weighted by atomic mass is 32.2. The van der Waals surface area contributed by atoms with Gasteiger partial charge < -0.3 is 10.1 Å². The molecule has 0 amide bonds. The van der Waals surface area contributed by atoms with Crippen molar-refractivity contribution < 1.29 is 13.2 Å². The molecule has 0 atom stereocenters. The van der Waals surface area contributed by atoms with E-state index in [9.17, 15) is 8.42 Å². The number of ether oxygens (including phenoxy) is 1. The second kappa shape index (κ2) is 6.34. The van der Waals surface area contributed by atoms with Crippen molar-refractivity contribution >= 4 is 9.84 Å². The van der Waals surface area contributed by atoms with Gasteiger partial charge in [0.1, 0.15) is 9.84 Å². The third-order valence-electron chi connectivity index (χ3n) is 1.38. The summed E-state index contributed by atoms with van der Waals surface area (Å²) in [5, 5.41) is 2.99. The Morgan fingerprint density at radius 2 is 1.92 bits per heavy atom. The van der Waals surface area contributed by atoms with Crippen molar-refractivity contribution in [3.63, 3.8) is 0 Å². The van der Waals surface area contributed by atoms with E-state index >= 15 is 0 Å². The Morgan fingerprint density at radius 1 is 1.31 bits per heavy atom. The van der Waals surface area contributed by atoms with Crippen molar-refractivity contribution in [1.82, 2.24) is 5.32 Å². The van der Waals surface area contributed by atoms with E-state index in [0.29, 0.717) is 19.7 Å². The van der Waals surface area contributed by atoms with Crippen LogP contribution in [0.25, 0.3) is 0 Å². The molecule has 0 unspecified atom stereocenters. The van der Waals surface area contributed by atoms with E-state index in [-0.39, 0.29) is 11.9 Å². The second-order valence-electron chi connectivity index (χ2n) is 3.30. The Labute approximate surface area is 80.6 Å². The highest BCUT2D eigenvalue weighted by Gasteiger charge is 2.00. The Hall–Kier alpha value is -0.130. The second-order valence-corrected chi connectivity index (χ2v) is 5.56. The average molecular weight is 209 g/mol. The standard InChI is InChI=1S/C8H19NO3S/c1-8(2)12-6-4-9-5-7-13(3,10)11/h8-9H,4-7H2,1-3H3. The molecule has 0 saturated heterocycles. The first-order valence-electron chi connectivity index (χ1n) is 4.42. The summed E-state index contributed by atoms with van der Waals surface area (Å²) in [6, 6.07) is 0. The third-order valence-corrected chi connectivity index (χ3v) is 2.33. The zero-order valence-electron chi connectivity index (χ0n) is 8.54. The first kappa shape index (κ1) is 12.9. The van der Waals surface area contributed by atoms with Crippen LogP contribution in [0.5, 0.6) is 0 Å². The van der Waals surface area contributed by atoms with Gasteiger partial charge in [-0.3, -0.25) is 0 Å². The van der Waals surface area contributed by atoms with Crippen LogP contribution in [0.1, 0.15) is 13.8 Å². The Kier molecular flexibility index (Phi) is 6.28. The predicted octanol–water partition coefficient (Wildman–Crippen LogP) is 0.0456. The number of hydrogen-bond acceptors (Lipinski definition) is 4. The molecule has 13 heavy (non-hydrogen) atoms. The number of hydrogen-bond donors (Lipinski definition) is 1. The normalized spacial score (nSPS) is 12.3. The van der Waals surface area contributed by atoms with Crippen molar-refractivity contribution in [2.75, 3.05) is 31.7 Å². The number of sulfone groups is 1. The third kappa shape index (κ3) is 11.9. The van der Waals surface area contributed by atoms with E-state index in [4.69, 9.17) is 4.74 Å². The van der Waals surface area contributed by atoms with Crippen LogP contribution in [-0.2, 0) is 14.6 Å². The minimum atomic E-state index is -2.83. The highest BCUT2D eigenvalue weighted by molar-refractivity contribution is 7.90. The van der Waals surface area contributed by atoms with Crippen molar-refractivity contribution in [2.24, 2.45) is 0 Å². The molecule has 0 aromatic carbocycles. The molecule has 0 radical (unpaired) electrons. The van der Waals surface area contributed by atoms with E-state index in [2.05, 4.69) is 5.32 Å². The molecule has 0 saturated carbocycles. The predicted molar refractivity (Wildman–Crippen MR) is 53.7 cm³/mol. The molecule has 0 rings (SSSR count). The first-order chi connectivity index (χ1) is 5.92. The van der Waals surface area contributed by atoms with Crippen molar-refractivity contribution in [1.29, 1.82) is 0 Å². The molecule has 0 heterocycles. The topological polar surface area (TPSA) is 55.4 Å². The number of rotatable bonds is 7. The fourth-order valence-electron chi connectivity index (χ4n) is 0.749. The van der Waals surface area contributed by atoms with E-state index < -0.39 is 9.84 Å². The fraction of sp³-hybridized carbons (Fsp3) is 1.00. The summed E-state index contributed by atoms with van der Waals surface area (Å²) in [5.74, 6) is 0.189. The molecule has 0 fully saturated rings. The molecule has 4 nitrogen and oxygen atoms in total. The van der Waals surface area contributed by atoms with Crippen LogP contribution in [0, 0.1) is 0 Å². The Balaban J connectivity index is 3.18. The van der Waals surface area contributed by atoms with Gasteiger partial charge in [0.05, 0.1) is 18.5 Å². The van der Waals surface area contributed by atoms with Crippen LogP contribution in [0.4, 0.5) is 0 Å². The summed E-state index contributed by atoms with van der Waals surface area (Å²) in [6.45, 7) is 5.77. The van der Waals surface area contributed by atoms with Crippen molar-refractivity contribution in [2.45, 2.75) is 20.0 Å². The monoisotopic (exact) mass is 209 g/mol. The lowest BCUT2D eigenvalue weighted by Crippen LogP contribution is -2.26. The molecule has 80 valence electrons. The highest BCUT2D eigenvalue weighted by Crippen LogP contribution is 1.85. The number of nitrogens with one attached hydrogen (secondary N) is 1. The van der Waals surface area contributed by atoms with Gasteiger partial charge >= 0.3 is 0 Å². The van der Waals surface area contributed by atoms with Crippen LogP contribution in [0.2, 0.25) is 0 Å². The summed E-state index contributed by atoms with van der Waals surface area (Å²) >= 11 is 0. The summed E-state index contributed by atoms with van der Waals surface area (Å²) in [6.07, 6.45) is 1.47. The Morgan fingerprint density at radius 3 is 2.38 bits per heavy atom. The van der Waals surface area contributed by atoms with E-state index in [1.807, 2.05) is 13.8 Å². The molecule has 0 aliphatic carbocycles. The summed E-state index contributed by atoms with van der Waals surface area (Å²) in [5.41, 5.74) is 0. The zero-order valence-corrected chi connectivity index (χ0v) is 9.36. The van der Waals surface area contributed by atoms with Gasteiger partial charge in [-0.1, -0.05) is 0 Å². The zero-order chi connectivity index (χ0) is 10.3. The van der Waals surface area contributed by atoms with Gasteiger partial charge in [-0.25, -0.2) is 8.42 Å². The molecule has 5 heteroatoms. The van der Waals surface area contributed by atoms with Crippen LogP contribution in [-0.4, -0.2) is 46.2 Å². The van der Waals surface area contributed by atoms with Crippen LogP contribution < -0.4 is 5.32 Å². The van der Waals surface area contributed by atoms with E-state index in [1.165, 1.54) is 6.26 Å². The van der Waals surface area contributed by atoms with Crippen LogP contribution in [0.15, 0.2) is 0 Å². The fourth-order valence-corrected chi connectivity index (χ4v) is 1.26. The molecule has 0 spiro atoms. The maximum absolute atomic E-state index is 10.7. The molecule has 0 bridgehead atoms. The van der Waals surface area contributed by atoms with Crippen molar-refractivity contribution in [3.05, 3.63) is 0 Å². The molecule has 1 N–H and O–H groups in total. The maximum Gasteiger partial charge on any atom is 0.148 e. The molecular weight excluding hydrogens is 190 g/mol. The summed E-state index contributed by atoms with van der Waals surface area (Å²) < 4.78 is 26.7. The van der Waals surface area contributed by atoms with Crippen LogP contribution >= 0.6 is 0 Å². The quantitative estimate of drug-likeness (QED) is 0.602. The van der Waals surface area contributed by atoms with E-state index in [0.717, 1.165) is 0 Å². The van der Waals surface area contributed by atoms with Crippen LogP contribution in [0.3, 0.4) is 0 Å². The summed E-state index contributed by atoms with van der Waals surface area (Å²) in [7, 11) is -2.83. The molecule has 0 aliphatic rings. The van der Waals surface area contributed by atoms with E-state index in [1.54, 1.807) is 0 Å². The largest absolute Gasteiger partial charge is 0.377 e. The van der Waals surface area contributed by atoms with Gasteiger partial charge in [-0.15, -0.1) is 0 Å². The molecular formula is C8H19NO3S. The lowest BCUT2D eigenvalue weighted by Gasteiger charge is -2.07. The first-order valence-corrected chi connectivity index (χ1v) is 6.48. The van der Waals surface area contributed by atoms with Crippen molar-refractivity contribution in [3.8, 4) is 0 Å². The Bertz CT molecular complexity index is 211. The average Bonchev–Trinajstić information content (AvgIpc) is 1.93. The summed E-state index contributed by atoms with van der Waals surface area (Å²) in [4.78, 5) is 0. The minimum absolute atomic E-state index is 0.189. The van der Waals surface area contributed by atoms with Gasteiger partial charge in [-0.05, 0) is 13.8 Å². The lowest BCUT2D eigenvalue weighted by atomic mass is 10.5. The van der Waals surface area contributed by atoms with Gasteiger partial charge in [0.15, 0.2) is 0 Å². The molecule has 0 aliphatic heterocycles. The minimum Gasteiger partial charge on any atom is -0.377 e. The molecule has 0 aromatic rings. The van der Waals surface area contributed by atoms with Gasteiger partial charge in [0.25, 0.3) is 0 Å². The van der Waals surface area contributed by atoms with Gasteiger partial charge in [0, 0.05) is 19.3 Å². The maximum atomic E-state index is 10.7. The lowest BCUT2D eigenvalue weighted by molar-refractivity contribution is 0.0811. The smallest absolute Gasteiger partial charge is 0.148 e. The SMILES string of the molecule is CC(C)OCCNCCS(C)(=O)=O.